The SMILES string of the molecule is Cc1ccc(S(=O)(=O)NCCNC(=O)/C=C/c2ccc(C)cc2C)cc1. The van der Waals surface area contributed by atoms with Crippen LogP contribution in [0.25, 0.3) is 6.08 Å². The van der Waals surface area contributed by atoms with E-state index in [0.29, 0.717) is 0 Å². The fraction of sp³-hybridized carbons (Fsp3) is 0.250. The molecular formula is C20H24N2O3S. The monoisotopic (exact) mass is 372 g/mol. The number of carbonyl (C=O) groups is 1. The molecule has 138 valence electrons. The van der Waals surface area contributed by atoms with Crippen molar-refractivity contribution < 1.29 is 13.2 Å². The maximum atomic E-state index is 12.1. The Balaban J connectivity index is 1.81. The van der Waals surface area contributed by atoms with Gasteiger partial charge in [0.2, 0.25) is 15.9 Å². The minimum atomic E-state index is -3.56. The molecule has 0 bridgehead atoms. The largest absolute Gasteiger partial charge is 0.351 e. The molecule has 2 rings (SSSR count). The van der Waals surface area contributed by atoms with Gasteiger partial charge in [-0.2, -0.15) is 0 Å². The molecule has 0 aromatic heterocycles. The average molecular weight is 372 g/mol. The number of carbonyl (C=O) groups excluding carboxylic acids is 1. The molecule has 2 aromatic rings. The van der Waals surface area contributed by atoms with Crippen molar-refractivity contribution in [2.24, 2.45) is 0 Å². The molecule has 0 aliphatic rings. The van der Waals surface area contributed by atoms with Crippen molar-refractivity contribution in [1.82, 2.24) is 10.0 Å². The summed E-state index contributed by atoms with van der Waals surface area (Å²) in [6.07, 6.45) is 3.20. The van der Waals surface area contributed by atoms with E-state index in [1.54, 1.807) is 30.3 Å². The van der Waals surface area contributed by atoms with Gasteiger partial charge in [0.1, 0.15) is 0 Å². The number of sulfonamides is 1. The van der Waals surface area contributed by atoms with Gasteiger partial charge in [0.15, 0.2) is 0 Å². The molecule has 0 saturated carbocycles. The molecule has 5 nitrogen and oxygen atoms in total. The first-order valence-corrected chi connectivity index (χ1v) is 9.86. The van der Waals surface area contributed by atoms with Crippen LogP contribution in [-0.4, -0.2) is 27.4 Å². The first-order valence-electron chi connectivity index (χ1n) is 8.37. The number of aryl methyl sites for hydroxylation is 3. The molecule has 0 fully saturated rings. The molecule has 0 heterocycles. The highest BCUT2D eigenvalue weighted by molar-refractivity contribution is 7.89. The van der Waals surface area contributed by atoms with Gasteiger partial charge in [0.05, 0.1) is 4.90 Å². The summed E-state index contributed by atoms with van der Waals surface area (Å²) in [5.41, 5.74) is 4.24. The van der Waals surface area contributed by atoms with E-state index in [1.807, 2.05) is 32.9 Å². The second-order valence-corrected chi connectivity index (χ2v) is 7.96. The Bertz CT molecular complexity index is 901. The quantitative estimate of drug-likeness (QED) is 0.580. The molecule has 0 spiro atoms. The van der Waals surface area contributed by atoms with Crippen LogP contribution >= 0.6 is 0 Å². The summed E-state index contributed by atoms with van der Waals surface area (Å²) in [7, 11) is -3.56. The summed E-state index contributed by atoms with van der Waals surface area (Å²) < 4.78 is 26.7. The fourth-order valence-corrected chi connectivity index (χ4v) is 3.44. The zero-order valence-electron chi connectivity index (χ0n) is 15.2. The third-order valence-corrected chi connectivity index (χ3v) is 5.36. The highest BCUT2D eigenvalue weighted by Gasteiger charge is 2.12. The topological polar surface area (TPSA) is 75.3 Å². The van der Waals surface area contributed by atoms with Crippen molar-refractivity contribution >= 4 is 22.0 Å². The summed E-state index contributed by atoms with van der Waals surface area (Å²) in [5.74, 6) is -0.264. The second-order valence-electron chi connectivity index (χ2n) is 6.20. The van der Waals surface area contributed by atoms with Crippen LogP contribution in [0.2, 0.25) is 0 Å². The predicted octanol–water partition coefficient (Wildman–Crippen LogP) is 2.72. The summed E-state index contributed by atoms with van der Waals surface area (Å²) in [6, 6.07) is 12.6. The number of benzene rings is 2. The third kappa shape index (κ3) is 5.82. The van der Waals surface area contributed by atoms with Crippen LogP contribution in [0, 0.1) is 20.8 Å². The molecule has 0 unspecified atom stereocenters. The lowest BCUT2D eigenvalue weighted by atomic mass is 10.1. The lowest BCUT2D eigenvalue weighted by Gasteiger charge is -2.07. The van der Waals surface area contributed by atoms with E-state index in [-0.39, 0.29) is 23.9 Å². The zero-order valence-corrected chi connectivity index (χ0v) is 16.1. The highest BCUT2D eigenvalue weighted by Crippen LogP contribution is 2.12. The lowest BCUT2D eigenvalue weighted by molar-refractivity contribution is -0.116. The van der Waals surface area contributed by atoms with Gasteiger partial charge in [-0.3, -0.25) is 4.79 Å². The van der Waals surface area contributed by atoms with E-state index in [0.717, 1.165) is 16.7 Å². The average Bonchev–Trinajstić information content (AvgIpc) is 2.58. The van der Waals surface area contributed by atoms with E-state index in [4.69, 9.17) is 0 Å². The highest BCUT2D eigenvalue weighted by atomic mass is 32.2. The number of hydrogen-bond acceptors (Lipinski definition) is 3. The normalized spacial score (nSPS) is 11.7. The van der Waals surface area contributed by atoms with Gasteiger partial charge in [-0.15, -0.1) is 0 Å². The zero-order chi connectivity index (χ0) is 19.2. The second kappa shape index (κ2) is 8.78. The van der Waals surface area contributed by atoms with Crippen LogP contribution < -0.4 is 10.0 Å². The molecule has 0 radical (unpaired) electrons. The standard InChI is InChI=1S/C20H24N2O3S/c1-15-5-9-19(10-6-15)26(24,25)22-13-12-21-20(23)11-8-18-7-4-16(2)14-17(18)3/h4-11,14,22H,12-13H2,1-3H3,(H,21,23)/b11-8+. The van der Waals surface area contributed by atoms with Crippen molar-refractivity contribution in [2.75, 3.05) is 13.1 Å². The minimum absolute atomic E-state index is 0.124. The van der Waals surface area contributed by atoms with Gasteiger partial charge in [0, 0.05) is 19.2 Å². The third-order valence-electron chi connectivity index (χ3n) is 3.89. The molecule has 0 saturated heterocycles. The summed E-state index contributed by atoms with van der Waals surface area (Å²) in [6.45, 7) is 6.24. The molecule has 2 N–H and O–H groups in total. The van der Waals surface area contributed by atoms with Crippen LogP contribution in [0.4, 0.5) is 0 Å². The fourth-order valence-electron chi connectivity index (χ4n) is 2.41. The Hall–Kier alpha value is -2.44. The molecule has 0 aliphatic carbocycles. The van der Waals surface area contributed by atoms with Gasteiger partial charge in [0.25, 0.3) is 0 Å². The van der Waals surface area contributed by atoms with E-state index in [9.17, 15) is 13.2 Å². The van der Waals surface area contributed by atoms with Gasteiger partial charge < -0.3 is 5.32 Å². The van der Waals surface area contributed by atoms with Crippen LogP contribution in [-0.2, 0) is 14.8 Å². The number of hydrogen-bond donors (Lipinski definition) is 2. The molecule has 0 atom stereocenters. The van der Waals surface area contributed by atoms with E-state index in [1.165, 1.54) is 11.6 Å². The summed E-state index contributed by atoms with van der Waals surface area (Å²) in [4.78, 5) is 12.1. The Morgan fingerprint density at radius 2 is 1.62 bits per heavy atom. The Labute approximate surface area is 155 Å². The van der Waals surface area contributed by atoms with Crippen molar-refractivity contribution in [3.8, 4) is 0 Å². The lowest BCUT2D eigenvalue weighted by Crippen LogP contribution is -2.34. The van der Waals surface area contributed by atoms with E-state index in [2.05, 4.69) is 16.1 Å². The summed E-state index contributed by atoms with van der Waals surface area (Å²) >= 11 is 0. The van der Waals surface area contributed by atoms with Gasteiger partial charge in [-0.25, -0.2) is 13.1 Å². The molecule has 26 heavy (non-hydrogen) atoms. The first kappa shape index (κ1) is 19.9. The molecule has 2 aromatic carbocycles. The first-order chi connectivity index (χ1) is 12.3. The van der Waals surface area contributed by atoms with Crippen LogP contribution in [0.15, 0.2) is 53.4 Å². The van der Waals surface area contributed by atoms with Gasteiger partial charge in [-0.05, 0) is 50.1 Å². The molecular weight excluding hydrogens is 348 g/mol. The maximum Gasteiger partial charge on any atom is 0.244 e. The van der Waals surface area contributed by atoms with Crippen molar-refractivity contribution in [2.45, 2.75) is 25.7 Å². The Morgan fingerprint density at radius 3 is 2.27 bits per heavy atom. The van der Waals surface area contributed by atoms with E-state index < -0.39 is 10.0 Å². The number of nitrogens with one attached hydrogen (secondary N) is 2. The maximum absolute atomic E-state index is 12.1. The van der Waals surface area contributed by atoms with E-state index >= 15 is 0 Å². The van der Waals surface area contributed by atoms with Crippen LogP contribution in [0.1, 0.15) is 22.3 Å². The Kier molecular flexibility index (Phi) is 6.71. The van der Waals surface area contributed by atoms with Gasteiger partial charge >= 0.3 is 0 Å². The number of rotatable bonds is 7. The summed E-state index contributed by atoms with van der Waals surface area (Å²) in [5, 5.41) is 2.66. The van der Waals surface area contributed by atoms with Crippen molar-refractivity contribution in [3.63, 3.8) is 0 Å². The van der Waals surface area contributed by atoms with Crippen molar-refractivity contribution in [1.29, 1.82) is 0 Å². The minimum Gasteiger partial charge on any atom is -0.351 e. The predicted molar refractivity (Wildman–Crippen MR) is 104 cm³/mol. The number of amides is 1. The molecule has 6 heteroatoms. The smallest absolute Gasteiger partial charge is 0.244 e. The Morgan fingerprint density at radius 1 is 0.962 bits per heavy atom. The molecule has 1 amide bonds. The van der Waals surface area contributed by atoms with Crippen molar-refractivity contribution in [3.05, 3.63) is 70.8 Å². The van der Waals surface area contributed by atoms with Gasteiger partial charge in [-0.1, -0.05) is 41.5 Å². The van der Waals surface area contributed by atoms with Crippen LogP contribution in [0.5, 0.6) is 0 Å². The molecule has 0 aliphatic heterocycles. The van der Waals surface area contributed by atoms with Crippen LogP contribution in [0.3, 0.4) is 0 Å².